The zero-order valence-electron chi connectivity index (χ0n) is 6.77. The van der Waals surface area contributed by atoms with E-state index in [1.807, 2.05) is 0 Å². The molecule has 14 heavy (non-hydrogen) atoms. The number of nitrogens with zero attached hydrogens (tertiary/aromatic N) is 2. The standard InChI is InChI=1S/C8H4F3IN2/c9-7(10)5-4(1-2-13)3-14-8(11)6(5)12/h3,7H,1H2. The Morgan fingerprint density at radius 2 is 2.21 bits per heavy atom. The predicted molar refractivity (Wildman–Crippen MR) is 51.2 cm³/mol. The van der Waals surface area contributed by atoms with Gasteiger partial charge in [0.2, 0.25) is 5.95 Å². The monoisotopic (exact) mass is 312 g/mol. The minimum absolute atomic E-state index is 0.0771. The van der Waals surface area contributed by atoms with Crippen LogP contribution in [0.15, 0.2) is 6.20 Å². The maximum absolute atomic E-state index is 12.8. The average molecular weight is 312 g/mol. The van der Waals surface area contributed by atoms with E-state index in [4.69, 9.17) is 5.26 Å². The van der Waals surface area contributed by atoms with Gasteiger partial charge in [0.1, 0.15) is 0 Å². The molecule has 0 amide bonds. The lowest BCUT2D eigenvalue weighted by atomic mass is 10.1. The van der Waals surface area contributed by atoms with E-state index in [9.17, 15) is 13.2 Å². The molecule has 74 valence electrons. The van der Waals surface area contributed by atoms with Crippen molar-refractivity contribution in [2.75, 3.05) is 0 Å². The van der Waals surface area contributed by atoms with Gasteiger partial charge < -0.3 is 0 Å². The maximum atomic E-state index is 12.8. The summed E-state index contributed by atoms with van der Waals surface area (Å²) in [5, 5.41) is 8.37. The second-order valence-corrected chi connectivity index (χ2v) is 3.52. The smallest absolute Gasteiger partial charge is 0.227 e. The highest BCUT2D eigenvalue weighted by Crippen LogP contribution is 2.28. The molecule has 0 fully saturated rings. The Hall–Kier alpha value is -0.840. The van der Waals surface area contributed by atoms with E-state index in [0.717, 1.165) is 6.20 Å². The van der Waals surface area contributed by atoms with E-state index in [1.165, 1.54) is 22.6 Å². The largest absolute Gasteiger partial charge is 0.265 e. The molecular weight excluding hydrogens is 308 g/mol. The Bertz CT molecular complexity index is 387. The van der Waals surface area contributed by atoms with Crippen LogP contribution in [0.2, 0.25) is 0 Å². The van der Waals surface area contributed by atoms with Gasteiger partial charge >= 0.3 is 0 Å². The summed E-state index contributed by atoms with van der Waals surface area (Å²) in [6.07, 6.45) is -2.01. The molecule has 0 aliphatic carbocycles. The third kappa shape index (κ3) is 2.15. The van der Waals surface area contributed by atoms with E-state index in [0.29, 0.717) is 0 Å². The third-order valence-electron chi connectivity index (χ3n) is 1.58. The van der Waals surface area contributed by atoms with E-state index < -0.39 is 17.9 Å². The van der Waals surface area contributed by atoms with Gasteiger partial charge in [0.15, 0.2) is 0 Å². The number of hydrogen-bond acceptors (Lipinski definition) is 2. The first-order valence-corrected chi connectivity index (χ1v) is 4.63. The Morgan fingerprint density at radius 1 is 1.57 bits per heavy atom. The lowest BCUT2D eigenvalue weighted by Gasteiger charge is -2.07. The molecule has 1 heterocycles. The van der Waals surface area contributed by atoms with Crippen molar-refractivity contribution in [3.63, 3.8) is 0 Å². The summed E-state index contributed by atoms with van der Waals surface area (Å²) in [5.41, 5.74) is -0.354. The normalized spacial score (nSPS) is 10.3. The Labute approximate surface area is 91.9 Å². The molecule has 2 nitrogen and oxygen atoms in total. The molecule has 0 unspecified atom stereocenters. The molecule has 0 bridgehead atoms. The van der Waals surface area contributed by atoms with Crippen LogP contribution in [-0.4, -0.2) is 4.98 Å². The molecule has 0 spiro atoms. The lowest BCUT2D eigenvalue weighted by molar-refractivity contribution is 0.148. The van der Waals surface area contributed by atoms with Crippen LogP contribution >= 0.6 is 22.6 Å². The quantitative estimate of drug-likeness (QED) is 0.622. The van der Waals surface area contributed by atoms with Crippen LogP contribution in [0, 0.1) is 20.8 Å². The Balaban J connectivity index is 3.31. The van der Waals surface area contributed by atoms with Gasteiger partial charge in [-0.05, 0) is 28.2 Å². The van der Waals surface area contributed by atoms with Crippen molar-refractivity contribution < 1.29 is 13.2 Å². The van der Waals surface area contributed by atoms with Crippen LogP contribution in [0.5, 0.6) is 0 Å². The molecule has 0 aliphatic rings. The van der Waals surface area contributed by atoms with Crippen molar-refractivity contribution in [2.45, 2.75) is 12.8 Å². The van der Waals surface area contributed by atoms with Crippen molar-refractivity contribution in [3.8, 4) is 6.07 Å². The van der Waals surface area contributed by atoms with Crippen LogP contribution in [0.3, 0.4) is 0 Å². The highest BCUT2D eigenvalue weighted by molar-refractivity contribution is 14.1. The molecular formula is C8H4F3IN2. The van der Waals surface area contributed by atoms with E-state index in [-0.39, 0.29) is 15.6 Å². The van der Waals surface area contributed by atoms with Gasteiger partial charge in [-0.15, -0.1) is 0 Å². The fourth-order valence-corrected chi connectivity index (χ4v) is 1.70. The van der Waals surface area contributed by atoms with Crippen LogP contribution < -0.4 is 0 Å². The minimum atomic E-state index is -2.79. The molecule has 0 atom stereocenters. The van der Waals surface area contributed by atoms with Crippen LogP contribution in [0.4, 0.5) is 13.2 Å². The average Bonchev–Trinajstić information content (AvgIpc) is 2.11. The molecule has 0 aromatic carbocycles. The summed E-state index contributed by atoms with van der Waals surface area (Å²) in [6, 6.07) is 1.73. The number of alkyl halides is 2. The van der Waals surface area contributed by atoms with Gasteiger partial charge in [0.25, 0.3) is 6.43 Å². The molecule has 6 heteroatoms. The summed E-state index contributed by atoms with van der Waals surface area (Å²) >= 11 is 1.46. The predicted octanol–water partition coefficient (Wildman–Crippen LogP) is 2.83. The number of halogens is 4. The van der Waals surface area contributed by atoms with E-state index >= 15 is 0 Å². The van der Waals surface area contributed by atoms with Crippen LogP contribution in [0.1, 0.15) is 17.6 Å². The zero-order valence-corrected chi connectivity index (χ0v) is 8.93. The fourth-order valence-electron chi connectivity index (χ4n) is 0.975. The van der Waals surface area contributed by atoms with Crippen molar-refractivity contribution >= 4 is 22.6 Å². The zero-order chi connectivity index (χ0) is 10.7. The first-order chi connectivity index (χ1) is 6.57. The first kappa shape index (κ1) is 11.2. The highest BCUT2D eigenvalue weighted by Gasteiger charge is 2.20. The minimum Gasteiger partial charge on any atom is -0.227 e. The van der Waals surface area contributed by atoms with E-state index in [1.54, 1.807) is 6.07 Å². The van der Waals surface area contributed by atoms with Gasteiger partial charge in [0.05, 0.1) is 16.1 Å². The van der Waals surface area contributed by atoms with Gasteiger partial charge in [0, 0.05) is 11.8 Å². The maximum Gasteiger partial charge on any atom is 0.265 e. The van der Waals surface area contributed by atoms with Crippen LogP contribution in [0.25, 0.3) is 0 Å². The molecule has 0 saturated heterocycles. The molecule has 0 aliphatic heterocycles. The van der Waals surface area contributed by atoms with Gasteiger partial charge in [-0.3, -0.25) is 0 Å². The van der Waals surface area contributed by atoms with E-state index in [2.05, 4.69) is 4.98 Å². The summed E-state index contributed by atoms with van der Waals surface area (Å²) in [7, 11) is 0. The topological polar surface area (TPSA) is 36.7 Å². The SMILES string of the molecule is N#CCc1cnc(F)c(I)c1C(F)F. The number of pyridine rings is 1. The number of rotatable bonds is 2. The van der Waals surface area contributed by atoms with Crippen molar-refractivity contribution in [1.82, 2.24) is 4.98 Å². The summed E-state index contributed by atoms with van der Waals surface area (Å²) in [6.45, 7) is 0. The van der Waals surface area contributed by atoms with Gasteiger partial charge in [-0.25, -0.2) is 13.8 Å². The summed E-state index contributed by atoms with van der Waals surface area (Å²) < 4.78 is 37.6. The third-order valence-corrected chi connectivity index (χ3v) is 2.61. The van der Waals surface area contributed by atoms with Crippen molar-refractivity contribution in [2.24, 2.45) is 0 Å². The highest BCUT2D eigenvalue weighted by atomic mass is 127. The number of hydrogen-bond donors (Lipinski definition) is 0. The molecule has 0 saturated carbocycles. The van der Waals surface area contributed by atoms with Crippen molar-refractivity contribution in [1.29, 1.82) is 5.26 Å². The van der Waals surface area contributed by atoms with Crippen molar-refractivity contribution in [3.05, 3.63) is 26.8 Å². The molecule has 0 radical (unpaired) electrons. The molecule has 1 aromatic heterocycles. The number of nitriles is 1. The second-order valence-electron chi connectivity index (χ2n) is 2.44. The molecule has 0 N–H and O–H groups in total. The van der Waals surface area contributed by atoms with Gasteiger partial charge in [-0.1, -0.05) is 0 Å². The lowest BCUT2D eigenvalue weighted by Crippen LogP contribution is -2.02. The fraction of sp³-hybridized carbons (Fsp3) is 0.250. The number of aromatic nitrogens is 1. The van der Waals surface area contributed by atoms with Crippen LogP contribution in [-0.2, 0) is 6.42 Å². The Kier molecular flexibility index (Phi) is 3.69. The first-order valence-electron chi connectivity index (χ1n) is 3.55. The van der Waals surface area contributed by atoms with Gasteiger partial charge in [-0.2, -0.15) is 9.65 Å². The summed E-state index contributed by atoms with van der Waals surface area (Å²) in [5.74, 6) is -0.928. The molecule has 1 aromatic rings. The molecule has 1 rings (SSSR count). The summed E-state index contributed by atoms with van der Waals surface area (Å²) in [4.78, 5) is 3.28. The Morgan fingerprint density at radius 3 is 2.71 bits per heavy atom. The second kappa shape index (κ2) is 4.59.